The highest BCUT2D eigenvalue weighted by Gasteiger charge is 2.31. The highest BCUT2D eigenvalue weighted by atomic mass is 16.7. The molecule has 0 saturated carbocycles. The molecule has 0 amide bonds. The lowest BCUT2D eigenvalue weighted by Gasteiger charge is -2.13. The molecule has 0 spiro atoms. The van der Waals surface area contributed by atoms with Gasteiger partial charge in [0.15, 0.2) is 6.29 Å². The fourth-order valence-corrected chi connectivity index (χ4v) is 1.57. The Kier molecular flexibility index (Phi) is 2.15. The van der Waals surface area contributed by atoms with Gasteiger partial charge in [-0.1, -0.05) is 0 Å². The Balaban J connectivity index is 2.13. The van der Waals surface area contributed by atoms with Crippen LogP contribution in [0.25, 0.3) is 0 Å². The SMILES string of the molecule is COC1OCCC1c1ccco1. The van der Waals surface area contributed by atoms with Gasteiger partial charge >= 0.3 is 0 Å². The van der Waals surface area contributed by atoms with Crippen molar-refractivity contribution in [3.05, 3.63) is 24.2 Å². The number of hydrogen-bond donors (Lipinski definition) is 0. The van der Waals surface area contributed by atoms with E-state index >= 15 is 0 Å². The van der Waals surface area contributed by atoms with Crippen LogP contribution in [0.5, 0.6) is 0 Å². The number of rotatable bonds is 2. The molecule has 0 aliphatic carbocycles. The average molecular weight is 168 g/mol. The zero-order valence-electron chi connectivity index (χ0n) is 7.03. The largest absolute Gasteiger partial charge is 0.469 e. The van der Waals surface area contributed by atoms with Crippen molar-refractivity contribution < 1.29 is 13.9 Å². The molecular weight excluding hydrogens is 156 g/mol. The first-order valence-corrected chi connectivity index (χ1v) is 4.09. The van der Waals surface area contributed by atoms with E-state index in [1.807, 2.05) is 12.1 Å². The van der Waals surface area contributed by atoms with E-state index in [-0.39, 0.29) is 12.2 Å². The second kappa shape index (κ2) is 3.29. The summed E-state index contributed by atoms with van der Waals surface area (Å²) < 4.78 is 15.8. The van der Waals surface area contributed by atoms with E-state index in [2.05, 4.69) is 0 Å². The molecule has 3 nitrogen and oxygen atoms in total. The van der Waals surface area contributed by atoms with Crippen molar-refractivity contribution >= 4 is 0 Å². The quantitative estimate of drug-likeness (QED) is 0.674. The summed E-state index contributed by atoms with van der Waals surface area (Å²) in [5.74, 6) is 1.23. The van der Waals surface area contributed by atoms with Gasteiger partial charge in [0.05, 0.1) is 18.8 Å². The molecule has 2 atom stereocenters. The van der Waals surface area contributed by atoms with Crippen LogP contribution in [0.3, 0.4) is 0 Å². The topological polar surface area (TPSA) is 31.6 Å². The third-order valence-electron chi connectivity index (χ3n) is 2.18. The maximum Gasteiger partial charge on any atom is 0.167 e. The van der Waals surface area contributed by atoms with Gasteiger partial charge in [0.1, 0.15) is 5.76 Å². The molecule has 0 bridgehead atoms. The third kappa shape index (κ3) is 1.26. The van der Waals surface area contributed by atoms with Crippen LogP contribution in [-0.2, 0) is 9.47 Å². The fraction of sp³-hybridized carbons (Fsp3) is 0.556. The Bertz CT molecular complexity index is 230. The minimum atomic E-state index is -0.129. The summed E-state index contributed by atoms with van der Waals surface area (Å²) in [4.78, 5) is 0. The van der Waals surface area contributed by atoms with Crippen molar-refractivity contribution in [2.24, 2.45) is 0 Å². The Morgan fingerprint density at radius 3 is 3.17 bits per heavy atom. The van der Waals surface area contributed by atoms with E-state index in [1.54, 1.807) is 13.4 Å². The lowest BCUT2D eigenvalue weighted by Crippen LogP contribution is -2.15. The molecule has 1 aromatic rings. The average Bonchev–Trinajstić information content (AvgIpc) is 2.74. The Morgan fingerprint density at radius 2 is 2.50 bits per heavy atom. The molecular formula is C9H12O3. The number of ether oxygens (including phenoxy) is 2. The van der Waals surface area contributed by atoms with E-state index in [1.165, 1.54) is 0 Å². The summed E-state index contributed by atoms with van der Waals surface area (Å²) >= 11 is 0. The van der Waals surface area contributed by atoms with Gasteiger partial charge in [-0.05, 0) is 18.6 Å². The first kappa shape index (κ1) is 7.83. The van der Waals surface area contributed by atoms with Crippen molar-refractivity contribution in [1.29, 1.82) is 0 Å². The van der Waals surface area contributed by atoms with Crippen LogP contribution in [0.2, 0.25) is 0 Å². The summed E-state index contributed by atoms with van der Waals surface area (Å²) in [7, 11) is 1.66. The van der Waals surface area contributed by atoms with Crippen LogP contribution in [0.4, 0.5) is 0 Å². The molecule has 1 fully saturated rings. The van der Waals surface area contributed by atoms with Gasteiger partial charge in [0, 0.05) is 7.11 Å². The highest BCUT2D eigenvalue weighted by molar-refractivity contribution is 5.07. The molecule has 0 radical (unpaired) electrons. The Labute approximate surface area is 71.3 Å². The summed E-state index contributed by atoms with van der Waals surface area (Å²) in [5.41, 5.74) is 0. The number of furan rings is 1. The Hall–Kier alpha value is -0.800. The molecule has 0 N–H and O–H groups in total. The second-order valence-electron chi connectivity index (χ2n) is 2.89. The summed E-state index contributed by atoms with van der Waals surface area (Å²) in [6, 6.07) is 3.85. The predicted molar refractivity (Wildman–Crippen MR) is 42.8 cm³/mol. The van der Waals surface area contributed by atoms with E-state index in [0.717, 1.165) is 18.8 Å². The van der Waals surface area contributed by atoms with Crippen LogP contribution in [0.15, 0.2) is 22.8 Å². The number of hydrogen-bond acceptors (Lipinski definition) is 3. The first-order valence-electron chi connectivity index (χ1n) is 4.09. The lowest BCUT2D eigenvalue weighted by atomic mass is 10.1. The van der Waals surface area contributed by atoms with Gasteiger partial charge < -0.3 is 13.9 Å². The molecule has 12 heavy (non-hydrogen) atoms. The van der Waals surface area contributed by atoms with Crippen molar-refractivity contribution in [3.63, 3.8) is 0 Å². The first-order chi connectivity index (χ1) is 5.92. The van der Waals surface area contributed by atoms with Gasteiger partial charge in [0.2, 0.25) is 0 Å². The summed E-state index contributed by atoms with van der Waals surface area (Å²) in [5, 5.41) is 0. The minimum Gasteiger partial charge on any atom is -0.469 e. The molecule has 2 unspecified atom stereocenters. The maximum atomic E-state index is 5.36. The van der Waals surface area contributed by atoms with E-state index < -0.39 is 0 Å². The van der Waals surface area contributed by atoms with Crippen molar-refractivity contribution in [3.8, 4) is 0 Å². The molecule has 1 saturated heterocycles. The monoisotopic (exact) mass is 168 g/mol. The fourth-order valence-electron chi connectivity index (χ4n) is 1.57. The van der Waals surface area contributed by atoms with Gasteiger partial charge in [0.25, 0.3) is 0 Å². The van der Waals surface area contributed by atoms with Crippen molar-refractivity contribution in [2.45, 2.75) is 18.6 Å². The lowest BCUT2D eigenvalue weighted by molar-refractivity contribution is -0.0984. The van der Waals surface area contributed by atoms with E-state index in [9.17, 15) is 0 Å². The summed E-state index contributed by atoms with van der Waals surface area (Å²) in [6.45, 7) is 0.754. The van der Waals surface area contributed by atoms with E-state index in [0.29, 0.717) is 0 Å². The van der Waals surface area contributed by atoms with Crippen molar-refractivity contribution in [2.75, 3.05) is 13.7 Å². The van der Waals surface area contributed by atoms with Gasteiger partial charge in [-0.3, -0.25) is 0 Å². The summed E-state index contributed by atoms with van der Waals surface area (Å²) in [6.07, 6.45) is 2.53. The molecule has 3 heteroatoms. The molecule has 1 aliphatic rings. The van der Waals surface area contributed by atoms with E-state index in [4.69, 9.17) is 13.9 Å². The van der Waals surface area contributed by atoms with Crippen LogP contribution < -0.4 is 0 Å². The number of methoxy groups -OCH3 is 1. The molecule has 1 aromatic heterocycles. The van der Waals surface area contributed by atoms with Crippen LogP contribution in [-0.4, -0.2) is 20.0 Å². The molecule has 1 aliphatic heterocycles. The molecule has 0 aromatic carbocycles. The van der Waals surface area contributed by atoms with Crippen LogP contribution in [0.1, 0.15) is 18.1 Å². The van der Waals surface area contributed by atoms with Gasteiger partial charge in [-0.2, -0.15) is 0 Å². The zero-order chi connectivity index (χ0) is 8.39. The van der Waals surface area contributed by atoms with Crippen molar-refractivity contribution in [1.82, 2.24) is 0 Å². The molecule has 66 valence electrons. The van der Waals surface area contributed by atoms with Gasteiger partial charge in [-0.25, -0.2) is 0 Å². The molecule has 2 heterocycles. The minimum absolute atomic E-state index is 0.129. The van der Waals surface area contributed by atoms with Crippen LogP contribution >= 0.6 is 0 Å². The Morgan fingerprint density at radius 1 is 1.58 bits per heavy atom. The molecule has 2 rings (SSSR count). The van der Waals surface area contributed by atoms with Gasteiger partial charge in [-0.15, -0.1) is 0 Å². The second-order valence-corrected chi connectivity index (χ2v) is 2.89. The standard InChI is InChI=1S/C9H12O3/c1-10-9-7(4-6-12-9)8-3-2-5-11-8/h2-3,5,7,9H,4,6H2,1H3. The highest BCUT2D eigenvalue weighted by Crippen LogP contribution is 2.31. The smallest absolute Gasteiger partial charge is 0.167 e. The predicted octanol–water partition coefficient (Wildman–Crippen LogP) is 1.76. The third-order valence-corrected chi connectivity index (χ3v) is 2.18. The normalized spacial score (nSPS) is 29.4. The maximum absolute atomic E-state index is 5.36. The zero-order valence-corrected chi connectivity index (χ0v) is 7.03. The van der Waals surface area contributed by atoms with Crippen LogP contribution in [0, 0.1) is 0 Å².